The van der Waals surface area contributed by atoms with Gasteiger partial charge in [0.05, 0.1) is 11.6 Å². The molecule has 1 aromatic carbocycles. The molecule has 1 aliphatic rings. The first-order valence-corrected chi connectivity index (χ1v) is 7.98. The summed E-state index contributed by atoms with van der Waals surface area (Å²) in [7, 11) is 0. The van der Waals surface area contributed by atoms with Crippen LogP contribution >= 0.6 is 11.6 Å². The molecule has 0 bridgehead atoms. The fourth-order valence-electron chi connectivity index (χ4n) is 2.85. The minimum Gasteiger partial charge on any atom is -0.492 e. The van der Waals surface area contributed by atoms with Gasteiger partial charge in [0.2, 0.25) is 0 Å². The number of rotatable bonds is 7. The fraction of sp³-hybridized carbons (Fsp3) is 0.625. The Kier molecular flexibility index (Phi) is 6.14. The molecule has 0 amide bonds. The van der Waals surface area contributed by atoms with Crippen LogP contribution in [-0.4, -0.2) is 37.2 Å². The number of nitrogens with zero attached hydrogens (tertiary/aromatic N) is 1. The number of hydrogen-bond acceptors (Lipinski definition) is 3. The summed E-state index contributed by atoms with van der Waals surface area (Å²) in [6, 6.07) is 6.72. The van der Waals surface area contributed by atoms with Crippen LogP contribution in [0.5, 0.6) is 5.75 Å². The third-order valence-electron chi connectivity index (χ3n) is 3.91. The van der Waals surface area contributed by atoms with Gasteiger partial charge in [0.1, 0.15) is 5.75 Å². The van der Waals surface area contributed by atoms with Gasteiger partial charge in [-0.1, -0.05) is 24.6 Å². The van der Waals surface area contributed by atoms with Crippen LogP contribution in [0.3, 0.4) is 0 Å². The summed E-state index contributed by atoms with van der Waals surface area (Å²) in [6.45, 7) is 9.17. The van der Waals surface area contributed by atoms with E-state index >= 15 is 0 Å². The predicted octanol–water partition coefficient (Wildman–Crippen LogP) is 3.31. The van der Waals surface area contributed by atoms with Crippen molar-refractivity contribution < 1.29 is 4.74 Å². The average Bonchev–Trinajstić information content (AvgIpc) is 2.89. The van der Waals surface area contributed by atoms with Gasteiger partial charge in [0.25, 0.3) is 0 Å². The average molecular weight is 297 g/mol. The summed E-state index contributed by atoms with van der Waals surface area (Å²) in [5.74, 6) is 0.769. The first-order chi connectivity index (χ1) is 9.74. The summed E-state index contributed by atoms with van der Waals surface area (Å²) in [5, 5.41) is 4.24. The Hall–Kier alpha value is -0.770. The number of hydrogen-bond donors (Lipinski definition) is 1. The lowest BCUT2D eigenvalue weighted by Crippen LogP contribution is -2.37. The van der Waals surface area contributed by atoms with E-state index in [4.69, 9.17) is 16.3 Å². The predicted molar refractivity (Wildman–Crippen MR) is 84.6 cm³/mol. The van der Waals surface area contributed by atoms with Crippen LogP contribution < -0.4 is 10.1 Å². The molecular weight excluding hydrogens is 272 g/mol. The SMILES string of the molecule is CCOc1ccc(CNC[C@@H]2CCCN2CC)cc1Cl. The second-order valence-corrected chi connectivity index (χ2v) is 5.66. The molecule has 1 aliphatic heterocycles. The topological polar surface area (TPSA) is 24.5 Å². The highest BCUT2D eigenvalue weighted by atomic mass is 35.5. The van der Waals surface area contributed by atoms with E-state index in [1.165, 1.54) is 24.9 Å². The molecule has 1 atom stereocenters. The highest BCUT2D eigenvalue weighted by Gasteiger charge is 2.21. The number of ether oxygens (including phenoxy) is 1. The zero-order chi connectivity index (χ0) is 14.4. The Morgan fingerprint density at radius 1 is 1.40 bits per heavy atom. The number of halogens is 1. The van der Waals surface area contributed by atoms with Crippen molar-refractivity contribution in [2.75, 3.05) is 26.2 Å². The summed E-state index contributed by atoms with van der Waals surface area (Å²) < 4.78 is 5.45. The first kappa shape index (κ1) is 15.6. The highest BCUT2D eigenvalue weighted by Crippen LogP contribution is 2.25. The summed E-state index contributed by atoms with van der Waals surface area (Å²) in [4.78, 5) is 2.55. The Labute approximate surface area is 127 Å². The molecule has 112 valence electrons. The second kappa shape index (κ2) is 7.87. The summed E-state index contributed by atoms with van der Waals surface area (Å²) in [6.07, 6.45) is 2.64. The van der Waals surface area contributed by atoms with E-state index in [9.17, 15) is 0 Å². The van der Waals surface area contributed by atoms with Crippen LogP contribution in [0, 0.1) is 0 Å². The molecule has 0 spiro atoms. The van der Waals surface area contributed by atoms with Crippen molar-refractivity contribution >= 4 is 11.6 Å². The normalized spacial score (nSPS) is 19.4. The van der Waals surface area contributed by atoms with Crippen LogP contribution in [0.4, 0.5) is 0 Å². The highest BCUT2D eigenvalue weighted by molar-refractivity contribution is 6.32. The lowest BCUT2D eigenvalue weighted by Gasteiger charge is -2.23. The van der Waals surface area contributed by atoms with Crippen molar-refractivity contribution in [3.63, 3.8) is 0 Å². The molecule has 4 heteroatoms. The van der Waals surface area contributed by atoms with E-state index in [2.05, 4.69) is 23.2 Å². The van der Waals surface area contributed by atoms with Gasteiger partial charge in [0, 0.05) is 19.1 Å². The van der Waals surface area contributed by atoms with Crippen LogP contribution in [0.2, 0.25) is 5.02 Å². The molecule has 3 nitrogen and oxygen atoms in total. The molecule has 0 radical (unpaired) electrons. The van der Waals surface area contributed by atoms with Crippen molar-refractivity contribution in [3.8, 4) is 5.75 Å². The largest absolute Gasteiger partial charge is 0.492 e. The quantitative estimate of drug-likeness (QED) is 0.835. The first-order valence-electron chi connectivity index (χ1n) is 7.60. The molecule has 1 N–H and O–H groups in total. The zero-order valence-corrected chi connectivity index (χ0v) is 13.2. The van der Waals surface area contributed by atoms with E-state index in [1.54, 1.807) is 0 Å². The Morgan fingerprint density at radius 2 is 2.25 bits per heavy atom. The molecule has 0 aromatic heterocycles. The van der Waals surface area contributed by atoms with Gasteiger partial charge in [0.15, 0.2) is 0 Å². The van der Waals surface area contributed by atoms with Crippen LogP contribution in [0.25, 0.3) is 0 Å². The van der Waals surface area contributed by atoms with Crippen LogP contribution in [0.1, 0.15) is 32.3 Å². The third kappa shape index (κ3) is 4.11. The monoisotopic (exact) mass is 296 g/mol. The number of likely N-dealkylation sites (tertiary alicyclic amines) is 1. The Morgan fingerprint density at radius 3 is 2.95 bits per heavy atom. The maximum atomic E-state index is 6.20. The minimum atomic E-state index is 0.645. The van der Waals surface area contributed by atoms with Crippen molar-refractivity contribution in [3.05, 3.63) is 28.8 Å². The van der Waals surface area contributed by atoms with Crippen LogP contribution in [0.15, 0.2) is 18.2 Å². The second-order valence-electron chi connectivity index (χ2n) is 5.25. The van der Waals surface area contributed by atoms with Gasteiger partial charge < -0.3 is 10.1 Å². The van der Waals surface area contributed by atoms with E-state index in [0.29, 0.717) is 17.7 Å². The molecule has 0 aliphatic carbocycles. The summed E-state index contributed by atoms with van der Waals surface area (Å²) >= 11 is 6.20. The molecule has 20 heavy (non-hydrogen) atoms. The zero-order valence-electron chi connectivity index (χ0n) is 12.5. The van der Waals surface area contributed by atoms with E-state index in [0.717, 1.165) is 25.4 Å². The lowest BCUT2D eigenvalue weighted by atomic mass is 10.2. The third-order valence-corrected chi connectivity index (χ3v) is 4.21. The maximum Gasteiger partial charge on any atom is 0.137 e. The number of nitrogens with one attached hydrogen (secondary N) is 1. The molecule has 0 saturated carbocycles. The standard InChI is InChI=1S/C16H25ClN2O/c1-3-19-9-5-6-14(19)12-18-11-13-7-8-16(20-4-2)15(17)10-13/h7-8,10,14,18H,3-6,9,11-12H2,1-2H3/t14-/m0/s1. The van der Waals surface area contributed by atoms with Crippen LogP contribution in [-0.2, 0) is 6.54 Å². The van der Waals surface area contributed by atoms with Crippen molar-refractivity contribution in [2.45, 2.75) is 39.3 Å². The van der Waals surface area contributed by atoms with E-state index < -0.39 is 0 Å². The van der Waals surface area contributed by atoms with Gasteiger partial charge in [-0.3, -0.25) is 4.90 Å². The smallest absolute Gasteiger partial charge is 0.137 e. The molecule has 0 unspecified atom stereocenters. The van der Waals surface area contributed by atoms with E-state index in [-0.39, 0.29) is 0 Å². The van der Waals surface area contributed by atoms with Crippen molar-refractivity contribution in [1.82, 2.24) is 10.2 Å². The van der Waals surface area contributed by atoms with Gasteiger partial charge in [-0.05, 0) is 50.6 Å². The number of benzene rings is 1. The molecular formula is C16H25ClN2O. The lowest BCUT2D eigenvalue weighted by molar-refractivity contribution is 0.260. The number of likely N-dealkylation sites (N-methyl/N-ethyl adjacent to an activating group) is 1. The van der Waals surface area contributed by atoms with Crippen molar-refractivity contribution in [1.29, 1.82) is 0 Å². The molecule has 1 saturated heterocycles. The maximum absolute atomic E-state index is 6.20. The van der Waals surface area contributed by atoms with Gasteiger partial charge in [-0.15, -0.1) is 0 Å². The molecule has 2 rings (SSSR count). The van der Waals surface area contributed by atoms with Gasteiger partial charge in [-0.25, -0.2) is 0 Å². The van der Waals surface area contributed by atoms with Crippen molar-refractivity contribution in [2.24, 2.45) is 0 Å². The Balaban J connectivity index is 1.80. The fourth-order valence-corrected chi connectivity index (χ4v) is 3.11. The summed E-state index contributed by atoms with van der Waals surface area (Å²) in [5.41, 5.74) is 1.21. The van der Waals surface area contributed by atoms with E-state index in [1.807, 2.05) is 19.1 Å². The Bertz CT molecular complexity index is 425. The molecule has 1 aromatic rings. The molecule has 1 heterocycles. The van der Waals surface area contributed by atoms with Gasteiger partial charge in [-0.2, -0.15) is 0 Å². The molecule has 1 fully saturated rings. The minimum absolute atomic E-state index is 0.645. The van der Waals surface area contributed by atoms with Gasteiger partial charge >= 0.3 is 0 Å².